The summed E-state index contributed by atoms with van der Waals surface area (Å²) in [4.78, 5) is 0. The highest BCUT2D eigenvalue weighted by Crippen LogP contribution is 2.18. The van der Waals surface area contributed by atoms with Gasteiger partial charge in [-0.25, -0.2) is 0 Å². The maximum atomic E-state index is 8.82. The predicted molar refractivity (Wildman–Crippen MR) is 66.0 cm³/mol. The van der Waals surface area contributed by atoms with Gasteiger partial charge in [-0.05, 0) is 32.4 Å². The van der Waals surface area contributed by atoms with Gasteiger partial charge in [0, 0.05) is 12.6 Å². The number of nitrogens with one attached hydrogen (secondary N) is 1. The van der Waals surface area contributed by atoms with Crippen LogP contribution in [0.15, 0.2) is 18.2 Å². The summed E-state index contributed by atoms with van der Waals surface area (Å²) in [5.41, 5.74) is 2.41. The van der Waals surface area contributed by atoms with Crippen LogP contribution in [0.1, 0.15) is 18.1 Å². The average molecular weight is 223 g/mol. The molecule has 2 N–H and O–H groups in total. The van der Waals surface area contributed by atoms with Gasteiger partial charge in [-0.1, -0.05) is 17.7 Å². The monoisotopic (exact) mass is 223 g/mol. The zero-order valence-electron chi connectivity index (χ0n) is 10.3. The Morgan fingerprint density at radius 2 is 2.12 bits per heavy atom. The summed E-state index contributed by atoms with van der Waals surface area (Å²) >= 11 is 0. The molecule has 0 aromatic heterocycles. The first-order chi connectivity index (χ1) is 7.63. The van der Waals surface area contributed by atoms with Crippen LogP contribution in [-0.4, -0.2) is 30.9 Å². The number of ether oxygens (including phenoxy) is 1. The molecule has 1 rings (SSSR count). The molecule has 90 valence electrons. The maximum Gasteiger partial charge on any atom is 0.122 e. The van der Waals surface area contributed by atoms with Gasteiger partial charge in [0.05, 0.1) is 6.61 Å². The fourth-order valence-corrected chi connectivity index (χ4v) is 1.49. The lowest BCUT2D eigenvalue weighted by molar-refractivity contribution is 0.239. The highest BCUT2D eigenvalue weighted by molar-refractivity contribution is 5.35. The third-order valence-electron chi connectivity index (χ3n) is 2.46. The number of hydrogen-bond acceptors (Lipinski definition) is 3. The minimum atomic E-state index is 0.128. The first-order valence-electron chi connectivity index (χ1n) is 5.67. The molecular formula is C13H21NO2. The third-order valence-corrected chi connectivity index (χ3v) is 2.46. The summed E-state index contributed by atoms with van der Waals surface area (Å²) in [5.74, 6) is 0.934. The van der Waals surface area contributed by atoms with E-state index in [4.69, 9.17) is 9.84 Å². The van der Waals surface area contributed by atoms with Gasteiger partial charge < -0.3 is 15.2 Å². The van der Waals surface area contributed by atoms with Crippen LogP contribution in [-0.2, 0) is 0 Å². The Kier molecular flexibility index (Phi) is 5.29. The molecule has 0 aliphatic carbocycles. The molecule has 0 bridgehead atoms. The number of aliphatic hydroxyl groups is 1. The fourth-order valence-electron chi connectivity index (χ4n) is 1.49. The van der Waals surface area contributed by atoms with Crippen LogP contribution < -0.4 is 10.1 Å². The molecule has 3 nitrogen and oxygen atoms in total. The van der Waals surface area contributed by atoms with Crippen molar-refractivity contribution < 1.29 is 9.84 Å². The molecule has 0 fully saturated rings. The molecule has 0 aliphatic heterocycles. The first kappa shape index (κ1) is 13.0. The van der Waals surface area contributed by atoms with Crippen molar-refractivity contribution in [2.45, 2.75) is 26.8 Å². The molecule has 0 unspecified atom stereocenters. The molecule has 0 saturated heterocycles. The van der Waals surface area contributed by atoms with E-state index >= 15 is 0 Å². The summed E-state index contributed by atoms with van der Waals surface area (Å²) in [6.45, 7) is 7.58. The molecule has 0 amide bonds. The van der Waals surface area contributed by atoms with Gasteiger partial charge >= 0.3 is 0 Å². The second-order valence-electron chi connectivity index (χ2n) is 4.16. The topological polar surface area (TPSA) is 41.5 Å². The number of benzene rings is 1. The minimum Gasteiger partial charge on any atom is -0.492 e. The Hall–Kier alpha value is -1.06. The molecule has 0 heterocycles. The molecule has 0 spiro atoms. The van der Waals surface area contributed by atoms with Crippen molar-refractivity contribution >= 4 is 0 Å². The molecular weight excluding hydrogens is 202 g/mol. The van der Waals surface area contributed by atoms with Crippen LogP contribution in [0.2, 0.25) is 0 Å². The zero-order chi connectivity index (χ0) is 12.0. The van der Waals surface area contributed by atoms with E-state index in [1.165, 1.54) is 5.56 Å². The van der Waals surface area contributed by atoms with E-state index in [2.05, 4.69) is 18.3 Å². The normalized spacial score (nSPS) is 12.5. The van der Waals surface area contributed by atoms with Crippen LogP contribution >= 0.6 is 0 Å². The van der Waals surface area contributed by atoms with Crippen LogP contribution in [0.5, 0.6) is 5.75 Å². The molecule has 1 aromatic carbocycles. The Morgan fingerprint density at radius 3 is 2.75 bits per heavy atom. The van der Waals surface area contributed by atoms with Crippen LogP contribution in [0.4, 0.5) is 0 Å². The quantitative estimate of drug-likeness (QED) is 0.721. The molecule has 3 heteroatoms. The van der Waals surface area contributed by atoms with Crippen LogP contribution in [0.3, 0.4) is 0 Å². The van der Waals surface area contributed by atoms with Gasteiger partial charge in [0.15, 0.2) is 0 Å². The van der Waals surface area contributed by atoms with Gasteiger partial charge in [0.25, 0.3) is 0 Å². The summed E-state index contributed by atoms with van der Waals surface area (Å²) in [6.07, 6.45) is 0. The Morgan fingerprint density at radius 1 is 1.38 bits per heavy atom. The smallest absolute Gasteiger partial charge is 0.122 e. The Labute approximate surface area is 97.4 Å². The Balaban J connectivity index is 2.32. The van der Waals surface area contributed by atoms with Crippen molar-refractivity contribution in [3.63, 3.8) is 0 Å². The summed E-state index contributed by atoms with van der Waals surface area (Å²) in [5, 5.41) is 12.0. The lowest BCUT2D eigenvalue weighted by Crippen LogP contribution is -2.32. The van der Waals surface area contributed by atoms with Gasteiger partial charge in [-0.3, -0.25) is 0 Å². The van der Waals surface area contributed by atoms with Crippen molar-refractivity contribution in [1.82, 2.24) is 5.32 Å². The summed E-state index contributed by atoms with van der Waals surface area (Å²) in [7, 11) is 0. The van der Waals surface area contributed by atoms with Gasteiger partial charge in [-0.15, -0.1) is 0 Å². The van der Waals surface area contributed by atoms with E-state index in [9.17, 15) is 0 Å². The van der Waals surface area contributed by atoms with E-state index in [1.54, 1.807) is 0 Å². The Bertz CT molecular complexity index is 326. The van der Waals surface area contributed by atoms with Gasteiger partial charge in [0.1, 0.15) is 12.4 Å². The van der Waals surface area contributed by atoms with E-state index in [0.717, 1.165) is 17.9 Å². The van der Waals surface area contributed by atoms with Crippen molar-refractivity contribution in [1.29, 1.82) is 0 Å². The van der Waals surface area contributed by atoms with Gasteiger partial charge in [-0.2, -0.15) is 0 Å². The van der Waals surface area contributed by atoms with Crippen molar-refractivity contribution in [2.24, 2.45) is 0 Å². The molecule has 1 atom stereocenters. The van der Waals surface area contributed by atoms with Crippen molar-refractivity contribution in [2.75, 3.05) is 19.8 Å². The molecule has 0 aliphatic rings. The first-order valence-corrected chi connectivity index (χ1v) is 5.67. The highest BCUT2D eigenvalue weighted by atomic mass is 16.5. The second-order valence-corrected chi connectivity index (χ2v) is 4.16. The van der Waals surface area contributed by atoms with E-state index in [0.29, 0.717) is 6.61 Å². The lowest BCUT2D eigenvalue weighted by atomic mass is 10.1. The molecule has 0 radical (unpaired) electrons. The number of aryl methyl sites for hydroxylation is 2. The number of aliphatic hydroxyl groups excluding tert-OH is 1. The number of hydrogen-bond donors (Lipinski definition) is 2. The SMILES string of the molecule is Cc1ccc(OCCN[C@@H](C)CO)c(C)c1. The van der Waals surface area contributed by atoms with E-state index < -0.39 is 0 Å². The zero-order valence-corrected chi connectivity index (χ0v) is 10.3. The summed E-state index contributed by atoms with van der Waals surface area (Å²) < 4.78 is 5.64. The van der Waals surface area contributed by atoms with E-state index in [1.807, 2.05) is 26.0 Å². The standard InChI is InChI=1S/C13H21NO2/c1-10-4-5-13(11(2)8-10)16-7-6-14-12(3)9-15/h4-5,8,12,14-15H,6-7,9H2,1-3H3/t12-/m0/s1. The summed E-state index contributed by atoms with van der Waals surface area (Å²) in [6, 6.07) is 6.29. The van der Waals surface area contributed by atoms with Crippen molar-refractivity contribution in [3.8, 4) is 5.75 Å². The highest BCUT2D eigenvalue weighted by Gasteiger charge is 2.00. The minimum absolute atomic E-state index is 0.128. The second kappa shape index (κ2) is 6.51. The lowest BCUT2D eigenvalue weighted by Gasteiger charge is -2.13. The van der Waals surface area contributed by atoms with Crippen molar-refractivity contribution in [3.05, 3.63) is 29.3 Å². The maximum absolute atomic E-state index is 8.82. The molecule has 0 saturated carbocycles. The van der Waals surface area contributed by atoms with Crippen LogP contribution in [0, 0.1) is 13.8 Å². The fraction of sp³-hybridized carbons (Fsp3) is 0.538. The molecule has 16 heavy (non-hydrogen) atoms. The van der Waals surface area contributed by atoms with Crippen LogP contribution in [0.25, 0.3) is 0 Å². The van der Waals surface area contributed by atoms with E-state index in [-0.39, 0.29) is 12.6 Å². The third kappa shape index (κ3) is 4.21. The number of rotatable bonds is 6. The predicted octanol–water partition coefficient (Wildman–Crippen LogP) is 1.65. The largest absolute Gasteiger partial charge is 0.492 e. The van der Waals surface area contributed by atoms with Gasteiger partial charge in [0.2, 0.25) is 0 Å². The average Bonchev–Trinajstić information content (AvgIpc) is 2.26. The molecule has 1 aromatic rings.